The average Bonchev–Trinajstić information content (AvgIpc) is 2.97. The zero-order valence-electron chi connectivity index (χ0n) is 9.65. The van der Waals surface area contributed by atoms with E-state index in [9.17, 15) is 13.2 Å². The molecule has 1 nitrogen and oxygen atoms in total. The van der Waals surface area contributed by atoms with Crippen molar-refractivity contribution in [3.63, 3.8) is 0 Å². The van der Waals surface area contributed by atoms with Crippen molar-refractivity contribution in [1.29, 1.82) is 0 Å². The Labute approximate surface area is 112 Å². The second kappa shape index (κ2) is 4.42. The number of halogens is 3. The predicted octanol–water partition coefficient (Wildman–Crippen LogP) is 4.88. The number of ether oxygens (including phenoxy) is 1. The predicted molar refractivity (Wildman–Crippen MR) is 68.5 cm³/mol. The van der Waals surface area contributed by atoms with Crippen LogP contribution in [0.1, 0.15) is 22.1 Å². The van der Waals surface area contributed by atoms with Gasteiger partial charge in [0, 0.05) is 16.0 Å². The molecule has 2 aromatic rings. The van der Waals surface area contributed by atoms with Crippen LogP contribution in [0.4, 0.5) is 13.2 Å². The zero-order chi connectivity index (χ0) is 13.5. The van der Waals surface area contributed by atoms with Crippen LogP contribution in [-0.2, 0) is 4.74 Å². The molecule has 1 atom stereocenters. The molecule has 0 saturated carbocycles. The van der Waals surface area contributed by atoms with E-state index in [1.165, 1.54) is 17.4 Å². The quantitative estimate of drug-likeness (QED) is 0.724. The van der Waals surface area contributed by atoms with Gasteiger partial charge in [0.1, 0.15) is 5.76 Å². The molecule has 0 bridgehead atoms. The number of hydrogen-bond acceptors (Lipinski definition) is 2. The Kier molecular flexibility index (Phi) is 2.86. The summed E-state index contributed by atoms with van der Waals surface area (Å²) in [5.41, 5.74) is 0.691. The molecule has 1 aliphatic rings. The van der Waals surface area contributed by atoms with Crippen molar-refractivity contribution in [3.8, 4) is 0 Å². The van der Waals surface area contributed by atoms with Crippen LogP contribution in [0.3, 0.4) is 0 Å². The first-order valence-corrected chi connectivity index (χ1v) is 6.51. The fourth-order valence-electron chi connectivity index (χ4n) is 2.06. The lowest BCUT2D eigenvalue weighted by molar-refractivity contribution is -0.201. The normalized spacial score (nSPS) is 20.4. The van der Waals surface area contributed by atoms with Crippen LogP contribution >= 0.6 is 11.3 Å². The summed E-state index contributed by atoms with van der Waals surface area (Å²) in [4.78, 5) is 0.868. The zero-order valence-corrected chi connectivity index (χ0v) is 10.5. The van der Waals surface area contributed by atoms with E-state index >= 15 is 0 Å². The van der Waals surface area contributed by atoms with Gasteiger partial charge in [0.25, 0.3) is 0 Å². The molecule has 0 amide bonds. The van der Waals surface area contributed by atoms with Crippen molar-refractivity contribution < 1.29 is 17.9 Å². The molecule has 0 fully saturated rings. The highest BCUT2D eigenvalue weighted by Crippen LogP contribution is 2.47. The van der Waals surface area contributed by atoms with Crippen molar-refractivity contribution in [2.45, 2.75) is 12.3 Å². The van der Waals surface area contributed by atoms with Crippen molar-refractivity contribution >= 4 is 23.2 Å². The molecule has 5 heteroatoms. The minimum Gasteiger partial charge on any atom is -0.475 e. The van der Waals surface area contributed by atoms with Gasteiger partial charge in [-0.3, -0.25) is 0 Å². The Hall–Kier alpha value is -1.75. The van der Waals surface area contributed by atoms with Crippen molar-refractivity contribution in [3.05, 3.63) is 57.8 Å². The third-order valence-corrected chi connectivity index (χ3v) is 3.69. The molecule has 0 radical (unpaired) electrons. The maximum atomic E-state index is 12.9. The first kappa shape index (κ1) is 12.3. The van der Waals surface area contributed by atoms with Crippen LogP contribution in [-0.4, -0.2) is 6.18 Å². The first-order chi connectivity index (χ1) is 9.05. The molecule has 2 heterocycles. The number of hydrogen-bond donors (Lipinski definition) is 0. The van der Waals surface area contributed by atoms with E-state index < -0.39 is 12.3 Å². The van der Waals surface area contributed by atoms with E-state index in [1.807, 2.05) is 17.5 Å². The summed E-state index contributed by atoms with van der Waals surface area (Å²) in [5.74, 6) is 0.278. The van der Waals surface area contributed by atoms with Gasteiger partial charge in [0.15, 0.2) is 0 Å². The number of rotatable bonds is 1. The van der Waals surface area contributed by atoms with Gasteiger partial charge in [-0.1, -0.05) is 30.3 Å². The summed E-state index contributed by atoms with van der Waals surface area (Å²) in [5, 5.41) is 1.87. The molecule has 1 aromatic carbocycles. The summed E-state index contributed by atoms with van der Waals surface area (Å²) in [6.07, 6.45) is -4.62. The minimum absolute atomic E-state index is 0.179. The van der Waals surface area contributed by atoms with Crippen LogP contribution in [0.15, 0.2) is 41.8 Å². The minimum atomic E-state index is -4.40. The Balaban J connectivity index is 2.07. The maximum absolute atomic E-state index is 12.9. The van der Waals surface area contributed by atoms with Crippen molar-refractivity contribution in [1.82, 2.24) is 0 Å². The molecule has 0 spiro atoms. The highest BCUT2D eigenvalue weighted by atomic mass is 32.1. The fraction of sp³-hybridized carbons (Fsp3) is 0.143. The van der Waals surface area contributed by atoms with E-state index in [0.717, 1.165) is 4.88 Å². The molecule has 0 N–H and O–H groups in total. The van der Waals surface area contributed by atoms with Crippen LogP contribution in [0.25, 0.3) is 11.8 Å². The highest BCUT2D eigenvalue weighted by molar-refractivity contribution is 7.10. The Morgan fingerprint density at radius 1 is 1.11 bits per heavy atom. The molecule has 0 aliphatic carbocycles. The monoisotopic (exact) mass is 282 g/mol. The Bertz CT molecular complexity index is 614. The smallest absolute Gasteiger partial charge is 0.429 e. The SMILES string of the molecule is FC(F)(F)C1O/C(=C\c2cccs2)c2ccccc21. The van der Waals surface area contributed by atoms with Crippen molar-refractivity contribution in [2.75, 3.05) is 0 Å². The lowest BCUT2D eigenvalue weighted by atomic mass is 10.0. The maximum Gasteiger partial charge on any atom is 0.429 e. The number of thiophene rings is 1. The largest absolute Gasteiger partial charge is 0.475 e. The summed E-state index contributed by atoms with van der Waals surface area (Å²) in [6.45, 7) is 0. The van der Waals surface area contributed by atoms with E-state index in [4.69, 9.17) is 4.74 Å². The number of alkyl halides is 3. The topological polar surface area (TPSA) is 9.23 Å². The van der Waals surface area contributed by atoms with E-state index in [2.05, 4.69) is 0 Å². The van der Waals surface area contributed by atoms with Crippen LogP contribution in [0.5, 0.6) is 0 Å². The summed E-state index contributed by atoms with van der Waals surface area (Å²) in [6, 6.07) is 10.1. The van der Waals surface area contributed by atoms with Crippen LogP contribution in [0.2, 0.25) is 0 Å². The van der Waals surface area contributed by atoms with Gasteiger partial charge in [0.2, 0.25) is 6.10 Å². The van der Waals surface area contributed by atoms with Gasteiger partial charge < -0.3 is 4.74 Å². The molecule has 0 saturated heterocycles. The molecule has 98 valence electrons. The lowest BCUT2D eigenvalue weighted by Crippen LogP contribution is -2.19. The van der Waals surface area contributed by atoms with Gasteiger partial charge >= 0.3 is 6.18 Å². The molecule has 1 aromatic heterocycles. The second-order valence-corrected chi connectivity index (χ2v) is 5.13. The molecule has 1 aliphatic heterocycles. The third kappa shape index (κ3) is 2.26. The van der Waals surface area contributed by atoms with Crippen LogP contribution in [0, 0.1) is 0 Å². The Morgan fingerprint density at radius 2 is 1.89 bits per heavy atom. The summed E-state index contributed by atoms with van der Waals surface area (Å²) < 4.78 is 43.9. The van der Waals surface area contributed by atoms with Gasteiger partial charge in [0.05, 0.1) is 0 Å². The molecule has 1 unspecified atom stereocenters. The van der Waals surface area contributed by atoms with Crippen molar-refractivity contribution in [2.24, 2.45) is 0 Å². The highest BCUT2D eigenvalue weighted by Gasteiger charge is 2.48. The average molecular weight is 282 g/mol. The number of benzene rings is 1. The molecular weight excluding hydrogens is 273 g/mol. The van der Waals surface area contributed by atoms with E-state index in [-0.39, 0.29) is 11.3 Å². The van der Waals surface area contributed by atoms with E-state index in [1.54, 1.807) is 24.3 Å². The molecule has 19 heavy (non-hydrogen) atoms. The standard InChI is InChI=1S/C14H9F3OS/c15-14(16,17)13-11-6-2-1-5-10(11)12(18-13)8-9-4-3-7-19-9/h1-8,13H/b12-8-. The van der Waals surface area contributed by atoms with E-state index in [0.29, 0.717) is 5.56 Å². The molecule has 3 rings (SSSR count). The molecular formula is C14H9F3OS. The van der Waals surface area contributed by atoms with Gasteiger partial charge in [-0.25, -0.2) is 0 Å². The second-order valence-electron chi connectivity index (χ2n) is 4.15. The van der Waals surface area contributed by atoms with Gasteiger partial charge in [-0.2, -0.15) is 13.2 Å². The van der Waals surface area contributed by atoms with Gasteiger partial charge in [-0.05, 0) is 17.5 Å². The third-order valence-electron chi connectivity index (χ3n) is 2.87. The summed E-state index contributed by atoms with van der Waals surface area (Å²) in [7, 11) is 0. The van der Waals surface area contributed by atoms with Gasteiger partial charge in [-0.15, -0.1) is 11.3 Å². The summed E-state index contributed by atoms with van der Waals surface area (Å²) >= 11 is 1.46. The van der Waals surface area contributed by atoms with Crippen LogP contribution < -0.4 is 0 Å². The number of fused-ring (bicyclic) bond motifs is 1. The first-order valence-electron chi connectivity index (χ1n) is 5.63. The fourth-order valence-corrected chi connectivity index (χ4v) is 2.71. The Morgan fingerprint density at radius 3 is 2.58 bits per heavy atom. The lowest BCUT2D eigenvalue weighted by Gasteiger charge is -2.15.